The quantitative estimate of drug-likeness (QED) is 0.408. The SMILES string of the molecule is O=[N+]([O-])c1ccccc1NCc1cc(Br)ccc1OCc1ccccc1. The molecule has 132 valence electrons. The monoisotopic (exact) mass is 412 g/mol. The van der Waals surface area contributed by atoms with E-state index in [9.17, 15) is 10.1 Å². The van der Waals surface area contributed by atoms with Gasteiger partial charge in [0, 0.05) is 22.6 Å². The van der Waals surface area contributed by atoms with Crippen LogP contribution in [0.25, 0.3) is 0 Å². The van der Waals surface area contributed by atoms with Gasteiger partial charge in [-0.1, -0.05) is 58.4 Å². The molecule has 3 rings (SSSR count). The molecule has 0 aliphatic heterocycles. The second kappa shape index (κ2) is 8.49. The van der Waals surface area contributed by atoms with Crippen molar-refractivity contribution in [3.8, 4) is 5.75 Å². The van der Waals surface area contributed by atoms with Crippen LogP contribution >= 0.6 is 15.9 Å². The van der Waals surface area contributed by atoms with Gasteiger partial charge in [0.15, 0.2) is 0 Å². The molecule has 3 aromatic rings. The molecule has 26 heavy (non-hydrogen) atoms. The van der Waals surface area contributed by atoms with Gasteiger partial charge in [-0.3, -0.25) is 10.1 Å². The van der Waals surface area contributed by atoms with E-state index >= 15 is 0 Å². The Morgan fingerprint density at radius 3 is 2.50 bits per heavy atom. The first-order valence-corrected chi connectivity index (χ1v) is 8.85. The normalized spacial score (nSPS) is 10.3. The molecule has 5 nitrogen and oxygen atoms in total. The Balaban J connectivity index is 1.75. The zero-order valence-electron chi connectivity index (χ0n) is 13.9. The first kappa shape index (κ1) is 17.9. The molecule has 1 N–H and O–H groups in total. The van der Waals surface area contributed by atoms with Gasteiger partial charge in [0.1, 0.15) is 18.0 Å². The van der Waals surface area contributed by atoms with Gasteiger partial charge < -0.3 is 10.1 Å². The van der Waals surface area contributed by atoms with Gasteiger partial charge in [0.05, 0.1) is 4.92 Å². The summed E-state index contributed by atoms with van der Waals surface area (Å²) in [6, 6.07) is 22.3. The fourth-order valence-corrected chi connectivity index (χ4v) is 2.94. The molecule has 0 saturated carbocycles. The molecule has 6 heteroatoms. The van der Waals surface area contributed by atoms with Crippen LogP contribution in [0.5, 0.6) is 5.75 Å². The molecule has 0 saturated heterocycles. The van der Waals surface area contributed by atoms with Crippen molar-refractivity contribution in [1.82, 2.24) is 0 Å². The van der Waals surface area contributed by atoms with E-state index in [0.717, 1.165) is 21.3 Å². The minimum atomic E-state index is -0.393. The lowest BCUT2D eigenvalue weighted by molar-refractivity contribution is -0.384. The molecule has 0 fully saturated rings. The van der Waals surface area contributed by atoms with Crippen LogP contribution in [0.3, 0.4) is 0 Å². The van der Waals surface area contributed by atoms with E-state index in [2.05, 4.69) is 21.2 Å². The lowest BCUT2D eigenvalue weighted by atomic mass is 10.2. The van der Waals surface area contributed by atoms with E-state index in [1.807, 2.05) is 48.5 Å². The number of nitro benzene ring substituents is 1. The van der Waals surface area contributed by atoms with Crippen molar-refractivity contribution in [3.63, 3.8) is 0 Å². The van der Waals surface area contributed by atoms with Crippen molar-refractivity contribution < 1.29 is 9.66 Å². The summed E-state index contributed by atoms with van der Waals surface area (Å²) in [5.74, 6) is 0.739. The maximum Gasteiger partial charge on any atom is 0.292 e. The number of para-hydroxylation sites is 2. The van der Waals surface area contributed by atoms with Crippen LogP contribution in [0.1, 0.15) is 11.1 Å². The number of benzene rings is 3. The predicted octanol–water partition coefficient (Wildman–Crippen LogP) is 5.55. The van der Waals surface area contributed by atoms with Crippen LogP contribution < -0.4 is 10.1 Å². The molecule has 0 aromatic heterocycles. The average molecular weight is 413 g/mol. The Hall–Kier alpha value is -2.86. The van der Waals surface area contributed by atoms with Crippen molar-refractivity contribution in [1.29, 1.82) is 0 Å². The minimum Gasteiger partial charge on any atom is -0.489 e. The third-order valence-electron chi connectivity index (χ3n) is 3.83. The first-order chi connectivity index (χ1) is 12.6. The molecule has 0 amide bonds. The second-order valence-electron chi connectivity index (χ2n) is 5.65. The highest BCUT2D eigenvalue weighted by molar-refractivity contribution is 9.10. The fourth-order valence-electron chi connectivity index (χ4n) is 2.54. The molecule has 3 aromatic carbocycles. The van der Waals surface area contributed by atoms with Crippen LogP contribution in [-0.2, 0) is 13.2 Å². The second-order valence-corrected chi connectivity index (χ2v) is 6.57. The molecule has 0 heterocycles. The first-order valence-electron chi connectivity index (χ1n) is 8.06. The summed E-state index contributed by atoms with van der Waals surface area (Å²) < 4.78 is 6.87. The Labute approximate surface area is 159 Å². The van der Waals surface area contributed by atoms with E-state index in [0.29, 0.717) is 18.8 Å². The lowest BCUT2D eigenvalue weighted by Gasteiger charge is -2.14. The van der Waals surface area contributed by atoms with E-state index in [1.165, 1.54) is 6.07 Å². The molecule has 0 spiro atoms. The third-order valence-corrected chi connectivity index (χ3v) is 4.32. The van der Waals surface area contributed by atoms with Crippen molar-refractivity contribution in [2.24, 2.45) is 0 Å². The molecule has 0 aliphatic rings. The molecule has 0 atom stereocenters. The maximum atomic E-state index is 11.1. The Bertz CT molecular complexity index is 901. The van der Waals surface area contributed by atoms with E-state index in [-0.39, 0.29) is 5.69 Å². The molecular weight excluding hydrogens is 396 g/mol. The standard InChI is InChI=1S/C20H17BrN2O3/c21-17-10-11-20(26-14-15-6-2-1-3-7-15)16(12-17)13-22-18-8-4-5-9-19(18)23(24)25/h1-12,22H,13-14H2. The van der Waals surface area contributed by atoms with Gasteiger partial charge in [0.25, 0.3) is 5.69 Å². The van der Waals surface area contributed by atoms with Gasteiger partial charge in [-0.15, -0.1) is 0 Å². The number of hydrogen-bond donors (Lipinski definition) is 1. The number of nitrogens with zero attached hydrogens (tertiary/aromatic N) is 1. The van der Waals surface area contributed by atoms with Crippen LogP contribution in [0, 0.1) is 10.1 Å². The topological polar surface area (TPSA) is 64.4 Å². The van der Waals surface area contributed by atoms with Gasteiger partial charge in [0.2, 0.25) is 0 Å². The van der Waals surface area contributed by atoms with Crippen molar-refractivity contribution in [3.05, 3.63) is 98.5 Å². The minimum absolute atomic E-state index is 0.0502. The van der Waals surface area contributed by atoms with E-state index in [1.54, 1.807) is 18.2 Å². The number of hydrogen-bond acceptors (Lipinski definition) is 4. The molecular formula is C20H17BrN2O3. The number of nitro groups is 1. The summed E-state index contributed by atoms with van der Waals surface area (Å²) >= 11 is 3.46. The average Bonchev–Trinajstić information content (AvgIpc) is 2.66. The summed E-state index contributed by atoms with van der Waals surface area (Å²) in [5, 5.41) is 14.3. The van der Waals surface area contributed by atoms with E-state index < -0.39 is 4.92 Å². The van der Waals surface area contributed by atoms with Crippen molar-refractivity contribution in [2.45, 2.75) is 13.2 Å². The number of halogens is 1. The van der Waals surface area contributed by atoms with Gasteiger partial charge >= 0.3 is 0 Å². The molecule has 0 bridgehead atoms. The van der Waals surface area contributed by atoms with Crippen molar-refractivity contribution >= 4 is 27.3 Å². The summed E-state index contributed by atoms with van der Waals surface area (Å²) in [5.41, 5.74) is 2.52. The summed E-state index contributed by atoms with van der Waals surface area (Å²) in [4.78, 5) is 10.8. The number of rotatable bonds is 7. The van der Waals surface area contributed by atoms with Gasteiger partial charge in [-0.05, 0) is 29.8 Å². The fraction of sp³-hybridized carbons (Fsp3) is 0.100. The number of nitrogens with one attached hydrogen (secondary N) is 1. The zero-order chi connectivity index (χ0) is 18.4. The Morgan fingerprint density at radius 2 is 1.73 bits per heavy atom. The maximum absolute atomic E-state index is 11.1. The lowest BCUT2D eigenvalue weighted by Crippen LogP contribution is -2.05. The van der Waals surface area contributed by atoms with Crippen molar-refractivity contribution in [2.75, 3.05) is 5.32 Å². The summed E-state index contributed by atoms with van der Waals surface area (Å²) in [6.45, 7) is 0.870. The smallest absolute Gasteiger partial charge is 0.292 e. The Kier molecular flexibility index (Phi) is 5.86. The predicted molar refractivity (Wildman–Crippen MR) is 105 cm³/mol. The van der Waals surface area contributed by atoms with Crippen LogP contribution in [0.2, 0.25) is 0 Å². The van der Waals surface area contributed by atoms with E-state index in [4.69, 9.17) is 4.74 Å². The summed E-state index contributed by atoms with van der Waals surface area (Å²) in [7, 11) is 0. The highest BCUT2D eigenvalue weighted by Gasteiger charge is 2.13. The number of ether oxygens (including phenoxy) is 1. The zero-order valence-corrected chi connectivity index (χ0v) is 15.5. The van der Waals surface area contributed by atoms with Crippen LogP contribution in [0.15, 0.2) is 77.3 Å². The molecule has 0 unspecified atom stereocenters. The van der Waals surface area contributed by atoms with Gasteiger partial charge in [-0.2, -0.15) is 0 Å². The Morgan fingerprint density at radius 1 is 1.00 bits per heavy atom. The molecule has 0 radical (unpaired) electrons. The highest BCUT2D eigenvalue weighted by Crippen LogP contribution is 2.28. The van der Waals surface area contributed by atoms with Crippen LogP contribution in [-0.4, -0.2) is 4.92 Å². The van der Waals surface area contributed by atoms with Gasteiger partial charge in [-0.25, -0.2) is 0 Å². The summed E-state index contributed by atoms with van der Waals surface area (Å²) in [6.07, 6.45) is 0. The molecule has 0 aliphatic carbocycles. The highest BCUT2D eigenvalue weighted by atomic mass is 79.9. The third kappa shape index (κ3) is 4.61. The van der Waals surface area contributed by atoms with Crippen LogP contribution in [0.4, 0.5) is 11.4 Å². The largest absolute Gasteiger partial charge is 0.489 e. The number of anilines is 1.